The minimum Gasteiger partial charge on any atom is -0.351 e. The molecule has 4 nitrogen and oxygen atoms in total. The van der Waals surface area contributed by atoms with Gasteiger partial charge >= 0.3 is 0 Å². The Morgan fingerprint density at radius 3 is 3.06 bits per heavy atom. The smallest absolute Gasteiger partial charge is 0.289 e. The Hall–Kier alpha value is -1.58. The van der Waals surface area contributed by atoms with E-state index in [4.69, 9.17) is 4.52 Å². The number of carbonyl (C=O) groups is 1. The molecule has 4 heteroatoms. The summed E-state index contributed by atoms with van der Waals surface area (Å²) < 4.78 is 4.89. The van der Waals surface area contributed by atoms with Crippen molar-refractivity contribution in [1.82, 2.24) is 10.5 Å². The van der Waals surface area contributed by atoms with Crippen molar-refractivity contribution in [3.8, 4) is 0 Å². The van der Waals surface area contributed by atoms with Crippen molar-refractivity contribution in [2.75, 3.05) is 6.54 Å². The highest BCUT2D eigenvalue weighted by Gasteiger charge is 2.11. The Morgan fingerprint density at radius 2 is 2.41 bits per heavy atom. The summed E-state index contributed by atoms with van der Waals surface area (Å²) in [7, 11) is 0. The van der Waals surface area contributed by atoms with Gasteiger partial charge in [-0.25, -0.2) is 0 Å². The largest absolute Gasteiger partial charge is 0.351 e. The van der Waals surface area contributed by atoms with Crippen LogP contribution in [-0.4, -0.2) is 17.6 Å². The fraction of sp³-hybridized carbons (Fsp3) is 0.538. The second-order valence-electron chi connectivity index (χ2n) is 4.45. The molecule has 0 aliphatic heterocycles. The highest BCUT2D eigenvalue weighted by molar-refractivity contribution is 5.91. The molecular weight excluding hydrogens is 216 g/mol. The van der Waals surface area contributed by atoms with Crippen molar-refractivity contribution < 1.29 is 9.32 Å². The van der Waals surface area contributed by atoms with Gasteiger partial charge in [0.15, 0.2) is 0 Å². The zero-order valence-electron chi connectivity index (χ0n) is 10.2. The van der Waals surface area contributed by atoms with Crippen LogP contribution in [0.5, 0.6) is 0 Å². The van der Waals surface area contributed by atoms with Crippen LogP contribution in [0.3, 0.4) is 0 Å². The Balaban J connectivity index is 1.75. The number of aromatic nitrogens is 1. The molecule has 1 aromatic rings. The molecule has 0 atom stereocenters. The van der Waals surface area contributed by atoms with Crippen LogP contribution in [-0.2, 0) is 0 Å². The first-order chi connectivity index (χ1) is 8.25. The summed E-state index contributed by atoms with van der Waals surface area (Å²) in [4.78, 5) is 11.6. The van der Waals surface area contributed by atoms with Gasteiger partial charge in [0.25, 0.3) is 5.91 Å². The lowest BCUT2D eigenvalue weighted by Crippen LogP contribution is -2.24. The van der Waals surface area contributed by atoms with Gasteiger partial charge in [-0.2, -0.15) is 0 Å². The lowest BCUT2D eigenvalue weighted by molar-refractivity contribution is 0.0917. The monoisotopic (exact) mass is 234 g/mol. The number of allylic oxidation sites excluding steroid dienone is 1. The molecular formula is C13H18N2O2. The highest BCUT2D eigenvalue weighted by atomic mass is 16.5. The van der Waals surface area contributed by atoms with E-state index in [0.29, 0.717) is 12.3 Å². The average Bonchev–Trinajstić information content (AvgIpc) is 2.77. The molecule has 1 aliphatic rings. The van der Waals surface area contributed by atoms with E-state index < -0.39 is 0 Å². The fourth-order valence-corrected chi connectivity index (χ4v) is 2.03. The number of nitrogens with one attached hydrogen (secondary N) is 1. The van der Waals surface area contributed by atoms with Gasteiger partial charge in [-0.05, 0) is 39.0 Å². The van der Waals surface area contributed by atoms with Crippen molar-refractivity contribution in [1.29, 1.82) is 0 Å². The lowest BCUT2D eigenvalue weighted by atomic mass is 9.97. The first kappa shape index (κ1) is 11.9. The molecule has 0 bridgehead atoms. The Morgan fingerprint density at radius 1 is 1.53 bits per heavy atom. The van der Waals surface area contributed by atoms with Crippen LogP contribution in [0.1, 0.15) is 48.4 Å². The van der Waals surface area contributed by atoms with Crippen molar-refractivity contribution in [2.24, 2.45) is 0 Å². The van der Waals surface area contributed by atoms with E-state index in [0.717, 1.165) is 12.1 Å². The summed E-state index contributed by atoms with van der Waals surface area (Å²) in [6, 6.07) is 1.65. The Labute approximate surface area is 101 Å². The van der Waals surface area contributed by atoms with Gasteiger partial charge in [0, 0.05) is 12.6 Å². The number of amides is 1. The van der Waals surface area contributed by atoms with Gasteiger partial charge in [-0.15, -0.1) is 0 Å². The second kappa shape index (κ2) is 5.66. The zero-order chi connectivity index (χ0) is 12.1. The van der Waals surface area contributed by atoms with Gasteiger partial charge in [0.2, 0.25) is 5.76 Å². The van der Waals surface area contributed by atoms with E-state index >= 15 is 0 Å². The molecule has 17 heavy (non-hydrogen) atoms. The van der Waals surface area contributed by atoms with Gasteiger partial charge < -0.3 is 9.84 Å². The van der Waals surface area contributed by atoms with Gasteiger partial charge in [-0.3, -0.25) is 4.79 Å². The molecule has 1 N–H and O–H groups in total. The summed E-state index contributed by atoms with van der Waals surface area (Å²) in [6.45, 7) is 2.47. The van der Waals surface area contributed by atoms with Gasteiger partial charge in [0.1, 0.15) is 0 Å². The quantitative estimate of drug-likeness (QED) is 0.815. The van der Waals surface area contributed by atoms with Crippen LogP contribution in [0, 0.1) is 6.92 Å². The number of hydrogen-bond acceptors (Lipinski definition) is 3. The first-order valence-electron chi connectivity index (χ1n) is 6.15. The molecule has 0 aromatic carbocycles. The second-order valence-corrected chi connectivity index (χ2v) is 4.45. The maximum absolute atomic E-state index is 11.6. The number of hydrogen-bond donors (Lipinski definition) is 1. The molecule has 2 rings (SSSR count). The summed E-state index contributed by atoms with van der Waals surface area (Å²) in [6.07, 6.45) is 8.18. The first-order valence-corrected chi connectivity index (χ1v) is 6.15. The molecule has 0 radical (unpaired) electrons. The van der Waals surface area contributed by atoms with E-state index in [9.17, 15) is 4.79 Å². The topological polar surface area (TPSA) is 55.1 Å². The third kappa shape index (κ3) is 3.44. The highest BCUT2D eigenvalue weighted by Crippen LogP contribution is 2.19. The van der Waals surface area contributed by atoms with Crippen LogP contribution in [0.4, 0.5) is 0 Å². The van der Waals surface area contributed by atoms with Gasteiger partial charge in [0.05, 0.1) is 5.69 Å². The van der Waals surface area contributed by atoms with Crippen molar-refractivity contribution in [3.63, 3.8) is 0 Å². The van der Waals surface area contributed by atoms with E-state index in [2.05, 4.69) is 16.5 Å². The predicted molar refractivity (Wildman–Crippen MR) is 64.7 cm³/mol. The van der Waals surface area contributed by atoms with Crippen LogP contribution >= 0.6 is 0 Å². The number of nitrogens with zero attached hydrogens (tertiary/aromatic N) is 1. The van der Waals surface area contributed by atoms with Crippen LogP contribution in [0.25, 0.3) is 0 Å². The van der Waals surface area contributed by atoms with E-state index in [1.165, 1.54) is 31.3 Å². The maximum atomic E-state index is 11.6. The van der Waals surface area contributed by atoms with Crippen LogP contribution in [0.15, 0.2) is 22.2 Å². The zero-order valence-corrected chi connectivity index (χ0v) is 10.2. The van der Waals surface area contributed by atoms with Crippen LogP contribution < -0.4 is 5.32 Å². The minimum absolute atomic E-state index is 0.179. The molecule has 1 heterocycles. The third-order valence-corrected chi connectivity index (χ3v) is 2.97. The molecule has 1 amide bonds. The fourth-order valence-electron chi connectivity index (χ4n) is 2.03. The molecule has 92 valence electrons. The van der Waals surface area contributed by atoms with E-state index in [-0.39, 0.29) is 5.91 Å². The Kier molecular flexibility index (Phi) is 3.96. The van der Waals surface area contributed by atoms with Gasteiger partial charge in [-0.1, -0.05) is 16.8 Å². The molecule has 1 aromatic heterocycles. The van der Waals surface area contributed by atoms with Crippen molar-refractivity contribution >= 4 is 5.91 Å². The number of carbonyl (C=O) groups excluding carboxylic acids is 1. The standard InChI is InChI=1S/C13H18N2O2/c1-10-9-12(17-15-10)13(16)14-8-7-11-5-3-2-4-6-11/h5,9H,2-4,6-8H2,1H3,(H,14,16). The molecule has 0 fully saturated rings. The molecule has 1 aliphatic carbocycles. The number of aryl methyl sites for hydroxylation is 1. The summed E-state index contributed by atoms with van der Waals surface area (Å²) >= 11 is 0. The summed E-state index contributed by atoms with van der Waals surface area (Å²) in [5.41, 5.74) is 2.19. The maximum Gasteiger partial charge on any atom is 0.289 e. The van der Waals surface area contributed by atoms with Crippen molar-refractivity contribution in [3.05, 3.63) is 29.2 Å². The van der Waals surface area contributed by atoms with E-state index in [1.54, 1.807) is 13.0 Å². The normalized spacial score (nSPS) is 15.5. The Bertz CT molecular complexity index is 421. The predicted octanol–water partition coefficient (Wildman–Crippen LogP) is 2.60. The lowest BCUT2D eigenvalue weighted by Gasteiger charge is -2.12. The molecule has 0 spiro atoms. The number of rotatable bonds is 4. The molecule has 0 saturated carbocycles. The average molecular weight is 234 g/mol. The van der Waals surface area contributed by atoms with Crippen LogP contribution in [0.2, 0.25) is 0 Å². The molecule has 0 unspecified atom stereocenters. The van der Waals surface area contributed by atoms with E-state index in [1.807, 2.05) is 0 Å². The summed E-state index contributed by atoms with van der Waals surface area (Å²) in [5, 5.41) is 6.53. The minimum atomic E-state index is -0.179. The summed E-state index contributed by atoms with van der Waals surface area (Å²) in [5.74, 6) is 0.113. The SMILES string of the molecule is Cc1cc(C(=O)NCCC2=CCCCC2)on1. The third-order valence-electron chi connectivity index (χ3n) is 2.97. The molecule has 0 saturated heterocycles. The van der Waals surface area contributed by atoms with Crippen molar-refractivity contribution in [2.45, 2.75) is 39.0 Å².